The second-order valence-corrected chi connectivity index (χ2v) is 13.6. The minimum Gasteiger partial charge on any atom is -0.353 e. The first-order valence-corrected chi connectivity index (χ1v) is 15.6. The van der Waals surface area contributed by atoms with Crippen LogP contribution < -0.4 is 10.6 Å². The number of thiophene rings is 1. The van der Waals surface area contributed by atoms with Crippen molar-refractivity contribution in [3.05, 3.63) is 68.2 Å². The summed E-state index contributed by atoms with van der Waals surface area (Å²) in [6.07, 6.45) is -2.95. The first kappa shape index (κ1) is 28.5. The fraction of sp³-hybridized carbons (Fsp3) is 0.414. The van der Waals surface area contributed by atoms with Gasteiger partial charge in [0.2, 0.25) is 0 Å². The summed E-state index contributed by atoms with van der Waals surface area (Å²) >= 11 is 8.95. The van der Waals surface area contributed by atoms with Crippen LogP contribution in [0.25, 0.3) is 21.3 Å². The Morgan fingerprint density at radius 1 is 1.10 bits per heavy atom. The van der Waals surface area contributed by atoms with Crippen LogP contribution in [0.5, 0.6) is 0 Å². The molecule has 1 aromatic carbocycles. The lowest BCUT2D eigenvalue weighted by Crippen LogP contribution is -2.55. The van der Waals surface area contributed by atoms with Crippen LogP contribution in [0.3, 0.4) is 0 Å². The highest BCUT2D eigenvalue weighted by atomic mass is 35.5. The van der Waals surface area contributed by atoms with Gasteiger partial charge in [-0.05, 0) is 52.1 Å². The number of benzene rings is 1. The van der Waals surface area contributed by atoms with Gasteiger partial charge in [0.05, 0.1) is 16.1 Å². The van der Waals surface area contributed by atoms with Gasteiger partial charge in [-0.2, -0.15) is 18.2 Å². The van der Waals surface area contributed by atoms with Crippen molar-refractivity contribution in [2.24, 2.45) is 0 Å². The number of piperazine rings is 1. The number of thioether (sulfide) groups is 1. The molecular weight excluding hydrogens is 591 g/mol. The van der Waals surface area contributed by atoms with Crippen molar-refractivity contribution in [3.8, 4) is 10.4 Å². The minimum atomic E-state index is -4.64. The van der Waals surface area contributed by atoms with E-state index in [4.69, 9.17) is 11.6 Å². The van der Waals surface area contributed by atoms with Gasteiger partial charge in [-0.15, -0.1) is 23.1 Å². The van der Waals surface area contributed by atoms with Gasteiger partial charge in [0, 0.05) is 80.9 Å². The van der Waals surface area contributed by atoms with Gasteiger partial charge in [0.1, 0.15) is 5.82 Å². The molecule has 216 valence electrons. The van der Waals surface area contributed by atoms with Crippen LogP contribution in [-0.4, -0.2) is 57.4 Å². The molecule has 12 heteroatoms. The number of aromatic nitrogens is 3. The predicted molar refractivity (Wildman–Crippen MR) is 161 cm³/mol. The Labute approximate surface area is 249 Å². The summed E-state index contributed by atoms with van der Waals surface area (Å²) in [6, 6.07) is 8.65. The molecule has 6 rings (SSSR count). The molecule has 5 heterocycles. The first-order valence-electron chi connectivity index (χ1n) is 13.4. The van der Waals surface area contributed by atoms with Crippen LogP contribution in [-0.2, 0) is 12.7 Å². The van der Waals surface area contributed by atoms with Gasteiger partial charge in [-0.3, -0.25) is 14.5 Å². The van der Waals surface area contributed by atoms with Crippen molar-refractivity contribution in [3.63, 3.8) is 0 Å². The van der Waals surface area contributed by atoms with Crippen LogP contribution in [0.2, 0.25) is 5.02 Å². The number of likely N-dealkylation sites (N-methyl/N-ethyl adjacent to an activating group) is 1. The summed E-state index contributed by atoms with van der Waals surface area (Å²) in [7, 11) is 2.04. The lowest BCUT2D eigenvalue weighted by atomic mass is 10.00. The molecule has 1 fully saturated rings. The van der Waals surface area contributed by atoms with E-state index in [-0.39, 0.29) is 30.1 Å². The molecule has 0 aliphatic carbocycles. The van der Waals surface area contributed by atoms with E-state index >= 15 is 0 Å². The number of pyridine rings is 1. The average molecular weight is 620 g/mol. The van der Waals surface area contributed by atoms with Gasteiger partial charge < -0.3 is 4.90 Å². The van der Waals surface area contributed by atoms with Crippen LogP contribution >= 0.6 is 34.7 Å². The maximum absolute atomic E-state index is 14.9. The van der Waals surface area contributed by atoms with Crippen molar-refractivity contribution in [2.75, 3.05) is 30.8 Å². The number of alkyl halides is 3. The van der Waals surface area contributed by atoms with E-state index in [1.807, 2.05) is 30.1 Å². The summed E-state index contributed by atoms with van der Waals surface area (Å²) < 4.78 is 46.3. The summed E-state index contributed by atoms with van der Waals surface area (Å²) in [5.74, 6) is 0.572. The lowest BCUT2D eigenvalue weighted by Gasteiger charge is -2.43. The van der Waals surface area contributed by atoms with Crippen molar-refractivity contribution in [1.29, 1.82) is 0 Å². The number of hydrogen-bond donors (Lipinski definition) is 0. The molecular formula is C29H29ClF3N5OS2. The highest BCUT2D eigenvalue weighted by molar-refractivity contribution is 7.99. The van der Waals surface area contributed by atoms with Gasteiger partial charge in [-0.25, -0.2) is 4.79 Å². The SMILES string of the molecule is Cc1sc(-c2c(C(F)(F)F)cc3c(N4C[C@@H](C)N(C)[C@@H](C)C4)nc(=O)n4c3c2SC[C@@H](c2ccccn2)C4)cc1Cl. The quantitative estimate of drug-likeness (QED) is 0.248. The maximum atomic E-state index is 14.9. The molecule has 0 amide bonds. The topological polar surface area (TPSA) is 54.3 Å². The number of nitrogens with zero attached hydrogens (tertiary/aromatic N) is 5. The van der Waals surface area contributed by atoms with Crippen LogP contribution in [0.4, 0.5) is 19.0 Å². The van der Waals surface area contributed by atoms with E-state index < -0.39 is 17.4 Å². The zero-order valence-electron chi connectivity index (χ0n) is 23.0. The monoisotopic (exact) mass is 619 g/mol. The standard InChI is InChI=1S/C29H29ClF3N5OS2/c1-15-11-37(12-16(2)36(15)4)27-19-9-20(29(31,32)33)24(23-10-21(30)17(3)41-23)26-25(19)38(28(39)35-27)13-18(14-40-26)22-7-5-6-8-34-22/h5-10,15-16,18H,11-14H2,1-4H3/t15-,16+,18-/m0/s1. The smallest absolute Gasteiger partial charge is 0.353 e. The number of halogens is 4. The van der Waals surface area contributed by atoms with E-state index in [0.717, 1.165) is 10.6 Å². The summed E-state index contributed by atoms with van der Waals surface area (Å²) in [4.78, 5) is 28.6. The Morgan fingerprint density at radius 2 is 1.83 bits per heavy atom. The first-order chi connectivity index (χ1) is 19.4. The molecule has 0 N–H and O–H groups in total. The molecule has 3 aromatic heterocycles. The minimum absolute atomic E-state index is 0.0714. The van der Waals surface area contributed by atoms with Gasteiger partial charge >= 0.3 is 11.9 Å². The molecule has 3 atom stereocenters. The lowest BCUT2D eigenvalue weighted by molar-refractivity contribution is -0.137. The van der Waals surface area contributed by atoms with E-state index in [2.05, 4.69) is 28.7 Å². The Bertz CT molecular complexity index is 1660. The van der Waals surface area contributed by atoms with Gasteiger partial charge in [0.25, 0.3) is 0 Å². The van der Waals surface area contributed by atoms with E-state index in [1.165, 1.54) is 29.2 Å². The van der Waals surface area contributed by atoms with Crippen LogP contribution in [0.15, 0.2) is 46.2 Å². The Balaban J connectivity index is 1.67. The van der Waals surface area contributed by atoms with E-state index in [0.29, 0.717) is 50.4 Å². The molecule has 41 heavy (non-hydrogen) atoms. The number of rotatable bonds is 3. The van der Waals surface area contributed by atoms with Crippen molar-refractivity contribution >= 4 is 51.4 Å². The molecule has 0 unspecified atom stereocenters. The summed E-state index contributed by atoms with van der Waals surface area (Å²) in [5, 5.41) is 0.761. The largest absolute Gasteiger partial charge is 0.417 e. The summed E-state index contributed by atoms with van der Waals surface area (Å²) in [6.45, 7) is 7.30. The van der Waals surface area contributed by atoms with Gasteiger partial charge in [-0.1, -0.05) is 17.7 Å². The molecule has 0 saturated carbocycles. The normalized spacial score (nSPS) is 21.9. The molecule has 2 aliphatic rings. The number of aryl methyl sites for hydroxylation is 1. The van der Waals surface area contributed by atoms with Crippen LogP contribution in [0.1, 0.15) is 35.9 Å². The third kappa shape index (κ3) is 5.04. The van der Waals surface area contributed by atoms with E-state index in [1.54, 1.807) is 23.8 Å². The molecule has 6 nitrogen and oxygen atoms in total. The Hall–Kier alpha value is -2.60. The second kappa shape index (κ2) is 10.6. The fourth-order valence-corrected chi connectivity index (χ4v) is 8.52. The zero-order valence-corrected chi connectivity index (χ0v) is 25.4. The van der Waals surface area contributed by atoms with E-state index in [9.17, 15) is 18.0 Å². The Kier molecular flexibility index (Phi) is 7.37. The van der Waals surface area contributed by atoms with Crippen molar-refractivity contribution in [1.82, 2.24) is 19.4 Å². The molecule has 2 aliphatic heterocycles. The fourth-order valence-electron chi connectivity index (χ4n) is 5.83. The van der Waals surface area contributed by atoms with Crippen molar-refractivity contribution in [2.45, 2.75) is 56.4 Å². The average Bonchev–Trinajstić information content (AvgIpc) is 3.13. The third-order valence-corrected chi connectivity index (χ3v) is 11.0. The van der Waals surface area contributed by atoms with Crippen LogP contribution in [0, 0.1) is 6.92 Å². The molecule has 0 spiro atoms. The third-order valence-electron chi connectivity index (χ3n) is 8.20. The predicted octanol–water partition coefficient (Wildman–Crippen LogP) is 6.92. The molecule has 4 aromatic rings. The van der Waals surface area contributed by atoms with Gasteiger partial charge in [0.15, 0.2) is 0 Å². The zero-order chi connectivity index (χ0) is 29.2. The molecule has 1 saturated heterocycles. The molecule has 0 bridgehead atoms. The second-order valence-electron chi connectivity index (χ2n) is 10.9. The molecule has 0 radical (unpaired) electrons. The summed E-state index contributed by atoms with van der Waals surface area (Å²) in [5.41, 5.74) is 0.133. The highest BCUT2D eigenvalue weighted by Gasteiger charge is 2.39. The van der Waals surface area contributed by atoms with Crippen molar-refractivity contribution < 1.29 is 13.2 Å². The Morgan fingerprint density at radius 3 is 2.44 bits per heavy atom. The number of anilines is 1. The number of hydrogen-bond acceptors (Lipinski definition) is 7. The highest BCUT2D eigenvalue weighted by Crippen LogP contribution is 2.51. The maximum Gasteiger partial charge on any atom is 0.417 e.